The molecule has 0 radical (unpaired) electrons. The van der Waals surface area contributed by atoms with Crippen LogP contribution in [0.2, 0.25) is 0 Å². The molecule has 2 heterocycles. The third-order valence-electron chi connectivity index (χ3n) is 5.31. The Kier molecular flexibility index (Phi) is 6.13. The predicted molar refractivity (Wildman–Crippen MR) is 119 cm³/mol. The lowest BCUT2D eigenvalue weighted by atomic mass is 10.1. The first-order valence-corrected chi connectivity index (χ1v) is 10.5. The lowest BCUT2D eigenvalue weighted by Gasteiger charge is -2.12. The number of carbonyl (C=O) groups excluding carboxylic acids is 2. The van der Waals surface area contributed by atoms with Crippen LogP contribution in [0.4, 0.5) is 5.82 Å². The largest absolute Gasteiger partial charge is 0.376 e. The molecule has 3 aromatic rings. The minimum Gasteiger partial charge on any atom is -0.376 e. The van der Waals surface area contributed by atoms with Gasteiger partial charge in [0.15, 0.2) is 0 Å². The molecule has 7 heteroatoms. The van der Waals surface area contributed by atoms with Crippen molar-refractivity contribution in [2.75, 3.05) is 18.5 Å². The zero-order chi connectivity index (χ0) is 21.8. The normalized spacial score (nSPS) is 15.6. The van der Waals surface area contributed by atoms with Crippen LogP contribution in [0.3, 0.4) is 0 Å². The molecule has 1 atom stereocenters. The fourth-order valence-electron chi connectivity index (χ4n) is 3.81. The summed E-state index contributed by atoms with van der Waals surface area (Å²) >= 11 is 0. The number of aryl methyl sites for hydroxylation is 1. The fourth-order valence-corrected chi connectivity index (χ4v) is 3.81. The van der Waals surface area contributed by atoms with Crippen LogP contribution < -0.4 is 10.6 Å². The number of carbonyl (C=O) groups is 2. The van der Waals surface area contributed by atoms with Crippen molar-refractivity contribution in [2.45, 2.75) is 32.8 Å². The number of aromatic nitrogens is 2. The monoisotopic (exact) mass is 418 g/mol. The Morgan fingerprint density at radius 2 is 1.87 bits per heavy atom. The van der Waals surface area contributed by atoms with Crippen molar-refractivity contribution in [3.8, 4) is 16.8 Å². The minimum absolute atomic E-state index is 0.104. The molecule has 2 N–H and O–H groups in total. The first kappa shape index (κ1) is 20.8. The standard InChI is InChI=1S/C24H26N4O3/c1-16-22(18-7-4-3-5-8-18)23(26-17(2)29)28(27-16)20-12-10-19(11-13-20)24(30)25-15-21-9-6-14-31-21/h3-5,7-8,10-13,21H,6,9,14-15H2,1-2H3,(H,25,30)(H,26,29)/t21-/m1/s1. The van der Waals surface area contributed by atoms with E-state index in [1.54, 1.807) is 16.8 Å². The maximum atomic E-state index is 12.5. The van der Waals surface area contributed by atoms with E-state index in [1.807, 2.05) is 49.4 Å². The highest BCUT2D eigenvalue weighted by Gasteiger charge is 2.20. The molecule has 160 valence electrons. The lowest BCUT2D eigenvalue weighted by Crippen LogP contribution is -2.31. The van der Waals surface area contributed by atoms with Crippen molar-refractivity contribution in [1.29, 1.82) is 0 Å². The molecule has 0 bridgehead atoms. The first-order chi connectivity index (χ1) is 15.0. The first-order valence-electron chi connectivity index (χ1n) is 10.5. The van der Waals surface area contributed by atoms with E-state index in [0.29, 0.717) is 17.9 Å². The summed E-state index contributed by atoms with van der Waals surface area (Å²) in [5.41, 5.74) is 3.96. The quantitative estimate of drug-likeness (QED) is 0.639. The summed E-state index contributed by atoms with van der Waals surface area (Å²) in [6.45, 7) is 4.67. The zero-order valence-corrected chi connectivity index (χ0v) is 17.7. The molecule has 2 aromatic carbocycles. The number of benzene rings is 2. The van der Waals surface area contributed by atoms with E-state index in [9.17, 15) is 9.59 Å². The van der Waals surface area contributed by atoms with Gasteiger partial charge in [0.25, 0.3) is 5.91 Å². The number of ether oxygens (including phenoxy) is 1. The van der Waals surface area contributed by atoms with Crippen molar-refractivity contribution < 1.29 is 14.3 Å². The second kappa shape index (κ2) is 9.14. The van der Waals surface area contributed by atoms with Gasteiger partial charge in [-0.05, 0) is 49.6 Å². The molecule has 0 saturated carbocycles. The number of hydrogen-bond donors (Lipinski definition) is 2. The summed E-state index contributed by atoms with van der Waals surface area (Å²) in [5, 5.41) is 10.5. The Morgan fingerprint density at radius 1 is 1.13 bits per heavy atom. The van der Waals surface area contributed by atoms with Gasteiger partial charge in [-0.3, -0.25) is 9.59 Å². The van der Waals surface area contributed by atoms with E-state index in [4.69, 9.17) is 4.74 Å². The molecule has 1 aliphatic heterocycles. The number of amides is 2. The Hall–Kier alpha value is -3.45. The number of nitrogens with zero attached hydrogens (tertiary/aromatic N) is 2. The molecule has 7 nitrogen and oxygen atoms in total. The molecule has 2 amide bonds. The fraction of sp³-hybridized carbons (Fsp3) is 0.292. The van der Waals surface area contributed by atoms with Crippen LogP contribution in [-0.2, 0) is 9.53 Å². The van der Waals surface area contributed by atoms with Gasteiger partial charge < -0.3 is 15.4 Å². The summed E-state index contributed by atoms with van der Waals surface area (Å²) in [6, 6.07) is 17.0. The SMILES string of the molecule is CC(=O)Nc1c(-c2ccccc2)c(C)nn1-c1ccc(C(=O)NC[C@H]2CCCO2)cc1. The van der Waals surface area contributed by atoms with Gasteiger partial charge >= 0.3 is 0 Å². The number of rotatable bonds is 6. The van der Waals surface area contributed by atoms with Crippen molar-refractivity contribution >= 4 is 17.6 Å². The van der Waals surface area contributed by atoms with E-state index in [1.165, 1.54) is 6.92 Å². The summed E-state index contributed by atoms with van der Waals surface area (Å²) < 4.78 is 7.25. The summed E-state index contributed by atoms with van der Waals surface area (Å²) in [7, 11) is 0. The van der Waals surface area contributed by atoms with Gasteiger partial charge in [0.1, 0.15) is 5.82 Å². The van der Waals surface area contributed by atoms with Crippen LogP contribution in [0.25, 0.3) is 16.8 Å². The summed E-state index contributed by atoms with van der Waals surface area (Å²) in [6.07, 6.45) is 2.13. The predicted octanol–water partition coefficient (Wildman–Crippen LogP) is 3.71. The van der Waals surface area contributed by atoms with Gasteiger partial charge in [0, 0.05) is 31.2 Å². The maximum Gasteiger partial charge on any atom is 0.251 e. The molecule has 1 aromatic heterocycles. The third kappa shape index (κ3) is 4.67. The van der Waals surface area contributed by atoms with Gasteiger partial charge in [-0.1, -0.05) is 30.3 Å². The van der Waals surface area contributed by atoms with Crippen LogP contribution >= 0.6 is 0 Å². The van der Waals surface area contributed by atoms with E-state index in [-0.39, 0.29) is 17.9 Å². The topological polar surface area (TPSA) is 85.2 Å². The van der Waals surface area contributed by atoms with Gasteiger partial charge in [-0.2, -0.15) is 5.10 Å². The van der Waals surface area contributed by atoms with E-state index in [2.05, 4.69) is 15.7 Å². The van der Waals surface area contributed by atoms with Gasteiger partial charge in [0.2, 0.25) is 5.91 Å². The molecule has 1 aliphatic rings. The van der Waals surface area contributed by atoms with Crippen LogP contribution in [0.15, 0.2) is 54.6 Å². The van der Waals surface area contributed by atoms with Crippen molar-refractivity contribution in [2.24, 2.45) is 0 Å². The molecule has 1 saturated heterocycles. The van der Waals surface area contributed by atoms with Gasteiger partial charge in [-0.25, -0.2) is 4.68 Å². The van der Waals surface area contributed by atoms with Crippen molar-refractivity contribution in [3.63, 3.8) is 0 Å². The minimum atomic E-state index is -0.177. The molecule has 1 fully saturated rings. The smallest absolute Gasteiger partial charge is 0.251 e. The highest BCUT2D eigenvalue weighted by Crippen LogP contribution is 2.33. The van der Waals surface area contributed by atoms with Gasteiger partial charge in [-0.15, -0.1) is 0 Å². The summed E-state index contributed by atoms with van der Waals surface area (Å²) in [5.74, 6) is 0.293. The lowest BCUT2D eigenvalue weighted by molar-refractivity contribution is -0.114. The second-order valence-electron chi connectivity index (χ2n) is 7.66. The molecule has 0 aliphatic carbocycles. The van der Waals surface area contributed by atoms with E-state index >= 15 is 0 Å². The Morgan fingerprint density at radius 3 is 2.52 bits per heavy atom. The third-order valence-corrected chi connectivity index (χ3v) is 5.31. The summed E-state index contributed by atoms with van der Waals surface area (Å²) in [4.78, 5) is 24.4. The number of anilines is 1. The molecular weight excluding hydrogens is 392 g/mol. The average molecular weight is 418 g/mol. The highest BCUT2D eigenvalue weighted by molar-refractivity contribution is 5.95. The Balaban J connectivity index is 1.60. The Labute approximate surface area is 181 Å². The molecule has 4 rings (SSSR count). The highest BCUT2D eigenvalue weighted by atomic mass is 16.5. The van der Waals surface area contributed by atoms with Crippen LogP contribution in [0.5, 0.6) is 0 Å². The second-order valence-corrected chi connectivity index (χ2v) is 7.66. The van der Waals surface area contributed by atoms with E-state index < -0.39 is 0 Å². The van der Waals surface area contributed by atoms with E-state index in [0.717, 1.165) is 42.0 Å². The molecule has 31 heavy (non-hydrogen) atoms. The van der Waals surface area contributed by atoms with Crippen molar-refractivity contribution in [1.82, 2.24) is 15.1 Å². The average Bonchev–Trinajstić information content (AvgIpc) is 3.40. The molecular formula is C24H26N4O3. The molecule has 0 spiro atoms. The molecule has 0 unspecified atom stereocenters. The van der Waals surface area contributed by atoms with Gasteiger partial charge in [0.05, 0.1) is 17.5 Å². The van der Waals surface area contributed by atoms with Crippen molar-refractivity contribution in [3.05, 3.63) is 65.9 Å². The Bertz CT molecular complexity index is 1070. The van der Waals surface area contributed by atoms with Crippen LogP contribution in [-0.4, -0.2) is 40.9 Å². The van der Waals surface area contributed by atoms with Crippen LogP contribution in [0, 0.1) is 6.92 Å². The number of nitrogens with one attached hydrogen (secondary N) is 2. The van der Waals surface area contributed by atoms with Crippen LogP contribution in [0.1, 0.15) is 35.8 Å². The zero-order valence-electron chi connectivity index (χ0n) is 17.7. The maximum absolute atomic E-state index is 12.5. The number of hydrogen-bond acceptors (Lipinski definition) is 4.